The first-order valence-electron chi connectivity index (χ1n) is 14.3. The highest BCUT2D eigenvalue weighted by atomic mass is 19.2. The van der Waals surface area contributed by atoms with E-state index in [2.05, 4.69) is 6.92 Å². The fourth-order valence-corrected chi connectivity index (χ4v) is 7.10. The van der Waals surface area contributed by atoms with Crippen molar-refractivity contribution in [3.63, 3.8) is 0 Å². The molecule has 0 aromatic heterocycles. The first kappa shape index (κ1) is 25.9. The number of hydrogen-bond donors (Lipinski definition) is 0. The zero-order valence-corrected chi connectivity index (χ0v) is 21.5. The summed E-state index contributed by atoms with van der Waals surface area (Å²) in [6.07, 6.45) is 18.1. The summed E-state index contributed by atoms with van der Waals surface area (Å²) in [6, 6.07) is 3.32. The van der Waals surface area contributed by atoms with Crippen LogP contribution in [0.25, 0.3) is 0 Å². The van der Waals surface area contributed by atoms with Crippen LogP contribution >= 0.6 is 0 Å². The van der Waals surface area contributed by atoms with Crippen molar-refractivity contribution in [3.8, 4) is 5.75 Å². The highest BCUT2D eigenvalue weighted by Crippen LogP contribution is 2.44. The average Bonchev–Trinajstić information content (AvgIpc) is 2.88. The third kappa shape index (κ3) is 6.33. The molecule has 4 rings (SSSR count). The van der Waals surface area contributed by atoms with Crippen molar-refractivity contribution in [2.75, 3.05) is 13.2 Å². The summed E-state index contributed by atoms with van der Waals surface area (Å²) in [5.74, 6) is 1.75. The number of halogens is 2. The molecule has 0 amide bonds. The molecule has 2 nitrogen and oxygen atoms in total. The molecule has 1 aromatic rings. The highest BCUT2D eigenvalue weighted by Gasteiger charge is 2.36. The maximum atomic E-state index is 14.7. The minimum Gasteiger partial charge on any atom is -0.491 e. The van der Waals surface area contributed by atoms with Crippen LogP contribution < -0.4 is 4.74 Å². The minimum absolute atomic E-state index is 0.0209. The molecule has 0 N–H and O–H groups in total. The fourth-order valence-electron chi connectivity index (χ4n) is 7.10. The monoisotopic (exact) mass is 476 g/mol. The van der Waals surface area contributed by atoms with E-state index >= 15 is 0 Å². The van der Waals surface area contributed by atoms with Crippen LogP contribution in [0.3, 0.4) is 0 Å². The Kier molecular flexibility index (Phi) is 9.68. The van der Waals surface area contributed by atoms with Gasteiger partial charge in [-0.15, -0.1) is 0 Å². The van der Waals surface area contributed by atoms with Crippen LogP contribution in [0.4, 0.5) is 8.78 Å². The average molecular weight is 477 g/mol. The molecule has 3 aliphatic rings. The molecule has 1 aliphatic heterocycles. The zero-order chi connectivity index (χ0) is 23.9. The molecule has 2 saturated carbocycles. The summed E-state index contributed by atoms with van der Waals surface area (Å²) in [6.45, 7) is 5.35. The van der Waals surface area contributed by atoms with E-state index in [1.165, 1.54) is 64.2 Å². The molecular formula is C30H46F2O2. The van der Waals surface area contributed by atoms with Crippen molar-refractivity contribution in [2.24, 2.45) is 23.7 Å². The van der Waals surface area contributed by atoms with Gasteiger partial charge in [0.25, 0.3) is 0 Å². The molecule has 4 heteroatoms. The van der Waals surface area contributed by atoms with Gasteiger partial charge in [0.2, 0.25) is 5.82 Å². The maximum Gasteiger partial charge on any atom is 0.200 e. The molecular weight excluding hydrogens is 430 g/mol. The SMILES string of the molecule is CCCCC[C@H]1CC[C@H]([C@H]2CC[C@H](C3CCC(c4ccc(OCC)c(F)c4F)CC3)OC2)CC1. The van der Waals surface area contributed by atoms with Gasteiger partial charge in [0.05, 0.1) is 19.3 Å². The van der Waals surface area contributed by atoms with Gasteiger partial charge in [0.1, 0.15) is 0 Å². The first-order valence-corrected chi connectivity index (χ1v) is 14.3. The Labute approximate surface area is 206 Å². The topological polar surface area (TPSA) is 18.5 Å². The van der Waals surface area contributed by atoms with E-state index in [1.807, 2.05) is 0 Å². The number of ether oxygens (including phenoxy) is 2. The summed E-state index contributed by atoms with van der Waals surface area (Å²) < 4.78 is 40.7. The van der Waals surface area contributed by atoms with E-state index in [0.717, 1.165) is 50.0 Å². The minimum atomic E-state index is -0.835. The smallest absolute Gasteiger partial charge is 0.200 e. The van der Waals surface area contributed by atoms with Gasteiger partial charge < -0.3 is 9.47 Å². The van der Waals surface area contributed by atoms with Gasteiger partial charge in [-0.3, -0.25) is 0 Å². The van der Waals surface area contributed by atoms with Gasteiger partial charge in [0, 0.05) is 0 Å². The number of rotatable bonds is 9. The van der Waals surface area contributed by atoms with Crippen LogP contribution in [0.2, 0.25) is 0 Å². The lowest BCUT2D eigenvalue weighted by molar-refractivity contribution is -0.0724. The summed E-state index contributed by atoms with van der Waals surface area (Å²) in [7, 11) is 0. The van der Waals surface area contributed by atoms with Gasteiger partial charge in [-0.1, -0.05) is 51.5 Å². The van der Waals surface area contributed by atoms with Crippen molar-refractivity contribution in [1.82, 2.24) is 0 Å². The molecule has 34 heavy (non-hydrogen) atoms. The molecule has 1 heterocycles. The third-order valence-corrected chi connectivity index (χ3v) is 9.23. The maximum absolute atomic E-state index is 14.7. The second-order valence-corrected chi connectivity index (χ2v) is 11.3. The fraction of sp³-hybridized carbons (Fsp3) is 0.800. The van der Waals surface area contributed by atoms with Crippen molar-refractivity contribution in [3.05, 3.63) is 29.3 Å². The van der Waals surface area contributed by atoms with E-state index in [0.29, 0.717) is 24.2 Å². The molecule has 0 bridgehead atoms. The first-order chi connectivity index (χ1) is 16.6. The predicted octanol–water partition coefficient (Wildman–Crippen LogP) is 8.82. The molecule has 0 radical (unpaired) electrons. The lowest BCUT2D eigenvalue weighted by Gasteiger charge is -2.41. The normalized spacial score (nSPS) is 32.5. The van der Waals surface area contributed by atoms with E-state index in [9.17, 15) is 8.78 Å². The highest BCUT2D eigenvalue weighted by molar-refractivity contribution is 5.33. The summed E-state index contributed by atoms with van der Waals surface area (Å²) >= 11 is 0. The van der Waals surface area contributed by atoms with Crippen molar-refractivity contribution in [2.45, 2.75) is 116 Å². The number of benzene rings is 1. The quantitative estimate of drug-likeness (QED) is 0.331. The van der Waals surface area contributed by atoms with E-state index in [1.54, 1.807) is 19.1 Å². The Morgan fingerprint density at radius 1 is 0.794 bits per heavy atom. The van der Waals surface area contributed by atoms with Crippen molar-refractivity contribution < 1.29 is 18.3 Å². The summed E-state index contributed by atoms with van der Waals surface area (Å²) in [5.41, 5.74) is 0.523. The van der Waals surface area contributed by atoms with Crippen molar-refractivity contribution in [1.29, 1.82) is 0 Å². The summed E-state index contributed by atoms with van der Waals surface area (Å²) in [4.78, 5) is 0. The van der Waals surface area contributed by atoms with Gasteiger partial charge in [-0.05, 0) is 99.5 Å². The van der Waals surface area contributed by atoms with E-state index in [4.69, 9.17) is 9.47 Å². The van der Waals surface area contributed by atoms with Crippen LogP contribution in [0.1, 0.15) is 115 Å². The predicted molar refractivity (Wildman–Crippen MR) is 134 cm³/mol. The lowest BCUT2D eigenvalue weighted by Crippen LogP contribution is -2.37. The molecule has 0 spiro atoms. The zero-order valence-electron chi connectivity index (χ0n) is 21.5. The Hall–Kier alpha value is -1.16. The van der Waals surface area contributed by atoms with Gasteiger partial charge >= 0.3 is 0 Å². The Balaban J connectivity index is 1.19. The second-order valence-electron chi connectivity index (χ2n) is 11.3. The standard InChI is InChI=1S/C30H46F2O2/c1-3-5-6-7-21-8-10-22(11-9-21)25-16-18-27(34-20-25)24-14-12-23(13-15-24)26-17-19-28(33-4-2)30(32)29(26)31/h17,19,21-25,27H,3-16,18,20H2,1-2H3/t21-,22-,23?,24?,25-,27+/m0/s1. The van der Waals surface area contributed by atoms with Gasteiger partial charge in [-0.25, -0.2) is 4.39 Å². The van der Waals surface area contributed by atoms with E-state index in [-0.39, 0.29) is 11.7 Å². The molecule has 2 aliphatic carbocycles. The van der Waals surface area contributed by atoms with Crippen LogP contribution in [-0.2, 0) is 4.74 Å². The molecule has 2 atom stereocenters. The molecule has 192 valence electrons. The third-order valence-electron chi connectivity index (χ3n) is 9.23. The Bertz CT molecular complexity index is 742. The van der Waals surface area contributed by atoms with Crippen LogP contribution in [0, 0.1) is 35.3 Å². The molecule has 0 unspecified atom stereocenters. The van der Waals surface area contributed by atoms with Gasteiger partial charge in [-0.2, -0.15) is 4.39 Å². The second kappa shape index (κ2) is 12.7. The lowest BCUT2D eigenvalue weighted by atomic mass is 9.71. The van der Waals surface area contributed by atoms with Crippen LogP contribution in [-0.4, -0.2) is 19.3 Å². The number of hydrogen-bond acceptors (Lipinski definition) is 2. The van der Waals surface area contributed by atoms with Crippen LogP contribution in [0.15, 0.2) is 12.1 Å². The van der Waals surface area contributed by atoms with Crippen LogP contribution in [0.5, 0.6) is 5.75 Å². The Morgan fingerprint density at radius 3 is 2.15 bits per heavy atom. The largest absolute Gasteiger partial charge is 0.491 e. The Morgan fingerprint density at radius 2 is 1.50 bits per heavy atom. The summed E-state index contributed by atoms with van der Waals surface area (Å²) in [5, 5.41) is 0. The molecule has 1 aromatic carbocycles. The van der Waals surface area contributed by atoms with E-state index < -0.39 is 11.6 Å². The number of unbranched alkanes of at least 4 members (excludes halogenated alkanes) is 2. The van der Waals surface area contributed by atoms with Gasteiger partial charge in [0.15, 0.2) is 11.6 Å². The van der Waals surface area contributed by atoms with Crippen molar-refractivity contribution >= 4 is 0 Å². The molecule has 1 saturated heterocycles. The molecule has 3 fully saturated rings.